The molecule has 2 fully saturated rings. The number of hydrogen-bond donors (Lipinski definition) is 11. The molecule has 0 saturated carbocycles. The van der Waals surface area contributed by atoms with Crippen LogP contribution >= 0.6 is 7.82 Å². The van der Waals surface area contributed by atoms with Gasteiger partial charge >= 0.3 is 7.82 Å². The second-order valence-corrected chi connectivity index (χ2v) is 28.4. The Morgan fingerprint density at radius 2 is 1.40 bits per heavy atom. The van der Waals surface area contributed by atoms with Gasteiger partial charge in [-0.15, -0.1) is 0 Å². The highest BCUT2D eigenvalue weighted by Crippen LogP contribution is 2.63. The van der Waals surface area contributed by atoms with E-state index < -0.39 is 143 Å². The lowest BCUT2D eigenvalue weighted by Gasteiger charge is -2.48. The quantitative estimate of drug-likeness (QED) is 0.0603. The molecular weight excluding hydrogens is 1180 g/mol. The molecule has 1 aromatic heterocycles. The maximum atomic E-state index is 14.4. The van der Waals surface area contributed by atoms with E-state index in [1.807, 2.05) is 87.4 Å². The van der Waals surface area contributed by atoms with Crippen LogP contribution in [0, 0.1) is 59.2 Å². The number of phosphoric acid groups is 1. The summed E-state index contributed by atoms with van der Waals surface area (Å²) < 4.78 is 32.3. The molecule has 17 N–H and O–H groups in total. The zero-order valence-electron chi connectivity index (χ0n) is 53.3. The smallest absolute Gasteiger partial charge is 0.394 e. The topological polar surface area (TPSA) is 460 Å². The van der Waals surface area contributed by atoms with Crippen molar-refractivity contribution in [3.8, 4) is 0 Å². The third-order valence-corrected chi connectivity index (χ3v) is 21.7. The van der Waals surface area contributed by atoms with Crippen molar-refractivity contribution in [1.82, 2.24) is 20.2 Å². The molecule has 1 aromatic carbocycles. The van der Waals surface area contributed by atoms with Crippen molar-refractivity contribution in [3.05, 3.63) is 63.9 Å². The number of nitrogens with one attached hydrogen (secondary N) is 2. The number of aliphatic hydroxyl groups is 2. The third-order valence-electron chi connectivity index (χ3n) is 20.6. The average Bonchev–Trinajstić information content (AvgIpc) is 1.53. The number of aromatic nitrogens is 2. The van der Waals surface area contributed by atoms with E-state index in [0.717, 1.165) is 11.1 Å². The van der Waals surface area contributed by atoms with Crippen LogP contribution in [0.2, 0.25) is 0 Å². The fraction of sp³-hybridized carbons (Fsp3) is 0.629. The number of hydrogen-bond acceptors (Lipinski definition) is 18. The van der Waals surface area contributed by atoms with Crippen molar-refractivity contribution in [2.24, 2.45) is 94.7 Å². The number of ether oxygens (including phenoxy) is 1. The average molecular weight is 1270 g/mol. The number of nitrogens with zero attached hydrogens (tertiary/aromatic N) is 5. The molecule has 2 unspecified atom stereocenters. The van der Waals surface area contributed by atoms with Crippen molar-refractivity contribution in [1.29, 1.82) is 0 Å². The Morgan fingerprint density at radius 1 is 0.800 bits per heavy atom. The number of phosphoric ester groups is 1. The molecule has 2 saturated heterocycles. The third kappa shape index (κ3) is 13.0. The number of benzene rings is 1. The molecule has 0 spiro atoms. The van der Waals surface area contributed by atoms with E-state index in [0.29, 0.717) is 56.4 Å². The van der Waals surface area contributed by atoms with Gasteiger partial charge in [0.05, 0.1) is 41.7 Å². The number of aliphatic hydroxyl groups excluding tert-OH is 2. The summed E-state index contributed by atoms with van der Waals surface area (Å²) in [5.74, 6) is -7.18. The summed E-state index contributed by atoms with van der Waals surface area (Å²) in [5, 5.41) is 28.2. The van der Waals surface area contributed by atoms with Crippen LogP contribution in [0.1, 0.15) is 150 Å². The Labute approximate surface area is 523 Å². The maximum absolute atomic E-state index is 14.4. The van der Waals surface area contributed by atoms with Crippen molar-refractivity contribution in [3.63, 3.8) is 0 Å². The molecule has 2 aromatic rings. The molecular formula is C62H90N13O14P. The summed E-state index contributed by atoms with van der Waals surface area (Å²) in [6, 6.07) is 2.70. The number of rotatable bonds is 26. The molecule has 15 atom stereocenters. The molecule has 8 bridgehead atoms. The van der Waals surface area contributed by atoms with Gasteiger partial charge in [-0.2, -0.15) is 0 Å². The first-order valence-electron chi connectivity index (χ1n) is 30.6. The normalized spacial score (nSPS) is 32.0. The minimum Gasteiger partial charge on any atom is -0.394 e. The SMILES string of the molecule is CC1=C2N=C(C=C3NC(=C(C)C4=N[C@@](C)([C@@H]5N=C1[C@](C)(CCC(=O)NCC(C)OP(=O)(O)O[C@H]1[C@@H](O)[C@@H](n6cnc7cc(C)c(C)cc76)O[C@@H]1CO)[C@H]5CC(N)=O)[C@@](C)(CC(N)=O)[C@@H]4CCC(N)=O)[C@@](C)(CC(N)=O)[C@@H]3CCC(N)=O)C(C)(C)[C@@H]2CCC(N)=O. The number of carbonyl (C=O) groups is 7. The summed E-state index contributed by atoms with van der Waals surface area (Å²) >= 11 is 0. The summed E-state index contributed by atoms with van der Waals surface area (Å²) in [5.41, 5.74) is 37.4. The summed E-state index contributed by atoms with van der Waals surface area (Å²) in [4.78, 5) is 126. The van der Waals surface area contributed by atoms with E-state index in [1.165, 1.54) is 13.3 Å². The van der Waals surface area contributed by atoms with Crippen molar-refractivity contribution in [2.45, 2.75) is 189 Å². The maximum Gasteiger partial charge on any atom is 0.472 e. The summed E-state index contributed by atoms with van der Waals surface area (Å²) in [6.45, 7) is 19.3. The first-order valence-corrected chi connectivity index (χ1v) is 32.1. The van der Waals surface area contributed by atoms with Gasteiger partial charge in [-0.05, 0) is 108 Å². The van der Waals surface area contributed by atoms with E-state index in [4.69, 9.17) is 63.2 Å². The molecule has 0 aliphatic carbocycles. The molecule has 6 aliphatic rings. The monoisotopic (exact) mass is 1270 g/mol. The fourth-order valence-corrected chi connectivity index (χ4v) is 16.6. The zero-order valence-corrected chi connectivity index (χ0v) is 54.1. The molecule has 6 aliphatic heterocycles. The Balaban J connectivity index is 1.19. The summed E-state index contributed by atoms with van der Waals surface area (Å²) in [7, 11) is -5.07. The molecule has 27 nitrogen and oxygen atoms in total. The Kier molecular flexibility index (Phi) is 19.6. The van der Waals surface area contributed by atoms with E-state index in [-0.39, 0.29) is 77.2 Å². The van der Waals surface area contributed by atoms with Crippen molar-refractivity contribution < 1.29 is 67.0 Å². The van der Waals surface area contributed by atoms with Gasteiger partial charge in [0.2, 0.25) is 41.4 Å². The lowest BCUT2D eigenvalue weighted by molar-refractivity contribution is -0.124. The van der Waals surface area contributed by atoms with Gasteiger partial charge in [0.15, 0.2) is 6.23 Å². The van der Waals surface area contributed by atoms with Gasteiger partial charge < -0.3 is 69.4 Å². The molecule has 0 radical (unpaired) electrons. The van der Waals surface area contributed by atoms with Gasteiger partial charge in [-0.1, -0.05) is 34.6 Å². The Hall–Kier alpha value is -7.00. The Bertz CT molecular complexity index is 3540. The number of amides is 7. The largest absolute Gasteiger partial charge is 0.472 e. The number of aliphatic imine (C=N–C) groups is 3. The predicted octanol–water partition coefficient (Wildman–Crippen LogP) is 3.16. The minimum atomic E-state index is -5.07. The number of imidazole rings is 1. The van der Waals surface area contributed by atoms with E-state index in [9.17, 15) is 53.2 Å². The van der Waals surface area contributed by atoms with Gasteiger partial charge in [0.25, 0.3) is 0 Å². The molecule has 28 heteroatoms. The number of carbonyl (C=O) groups excluding carboxylic acids is 7. The lowest BCUT2D eigenvalue weighted by atomic mass is 9.55. The first kappa shape index (κ1) is 68.9. The number of allylic oxidation sites excluding steroid dienone is 6. The van der Waals surface area contributed by atoms with Crippen molar-refractivity contribution >= 4 is 77.3 Å². The molecule has 8 rings (SSSR count). The number of fused-ring (bicyclic) bond motifs is 7. The van der Waals surface area contributed by atoms with Gasteiger partial charge in [0, 0.05) is 131 Å². The van der Waals surface area contributed by atoms with Crippen molar-refractivity contribution in [2.75, 3.05) is 13.2 Å². The summed E-state index contributed by atoms with van der Waals surface area (Å²) in [6.07, 6.45) is -4.26. The molecule has 7 amide bonds. The highest BCUT2D eigenvalue weighted by Gasteiger charge is 2.66. The minimum absolute atomic E-state index is 0.0114. The highest BCUT2D eigenvalue weighted by atomic mass is 31.2. The van der Waals surface area contributed by atoms with Crippen LogP contribution in [0.25, 0.3) is 11.0 Å². The standard InChI is InChI=1S/C62H90N13O14P/c1-29-20-39-40(21-30(29)2)75(28-70-39)57-52(84)53(41(27-76)87-57)89-90(85,86)88-31(3)26-69-49(83)18-19-59(8)37(22-46(66)80)56-62(11)61(10,25-48(68)82)36(14-17-45(65)79)51(74-62)33(5)55-60(9,24-47(67)81)34(12-15-43(63)77)38(71-55)23-42-58(6,7)35(13-16-44(64)78)50(72-42)32(4)54(59)73-56/h20-21,23,28,31,34-37,41,52-53,56-57,71,76,84H,12-19,22,24-27H2,1-11H3,(H2,63,77)(H2,64,78)(H2,65,79)(H2,66,80)(H2,67,81)(H2,68,82)(H,69,83)(H,85,86)/t31?,34-,35-,36-,37+,41-,52-,53-,56-,57+,59-,60+,61+,62+/m1/s1. The second kappa shape index (κ2) is 25.6. The predicted molar refractivity (Wildman–Crippen MR) is 334 cm³/mol. The van der Waals surface area contributed by atoms with Crippen LogP contribution in [-0.2, 0) is 51.9 Å². The van der Waals surface area contributed by atoms with Gasteiger partial charge in [-0.25, -0.2) is 9.55 Å². The fourth-order valence-electron chi connectivity index (χ4n) is 15.4. The first-order chi connectivity index (χ1) is 41.8. The van der Waals surface area contributed by atoms with Crippen LogP contribution in [-0.4, -0.2) is 132 Å². The number of primary amides is 6. The van der Waals surface area contributed by atoms with Gasteiger partial charge in [-0.3, -0.25) is 57.6 Å². The Morgan fingerprint density at radius 3 is 1.99 bits per heavy atom. The van der Waals surface area contributed by atoms with E-state index in [1.54, 1.807) is 4.57 Å². The van der Waals surface area contributed by atoms with Crippen LogP contribution in [0.15, 0.2) is 67.8 Å². The molecule has 7 heterocycles. The second-order valence-electron chi connectivity index (χ2n) is 27.1. The van der Waals surface area contributed by atoms with Crippen LogP contribution < -0.4 is 45.0 Å². The van der Waals surface area contributed by atoms with Crippen LogP contribution in [0.4, 0.5) is 0 Å². The molecule has 492 valence electrons. The molecule has 90 heavy (non-hydrogen) atoms. The van der Waals surface area contributed by atoms with Crippen LogP contribution in [0.3, 0.4) is 0 Å². The lowest BCUT2D eigenvalue weighted by Crippen LogP contribution is -2.56. The zero-order chi connectivity index (χ0) is 66.7. The van der Waals surface area contributed by atoms with Crippen LogP contribution in [0.5, 0.6) is 0 Å². The van der Waals surface area contributed by atoms with E-state index in [2.05, 4.69) is 15.6 Å². The number of nitrogens with two attached hydrogens (primary N) is 6. The van der Waals surface area contributed by atoms with Gasteiger partial charge in [0.1, 0.15) is 18.3 Å². The van der Waals surface area contributed by atoms with E-state index >= 15 is 0 Å². The number of aryl methyl sites for hydroxylation is 2. The highest BCUT2D eigenvalue weighted by molar-refractivity contribution is 7.47.